The first-order valence-corrected chi connectivity index (χ1v) is 13.5. The summed E-state index contributed by atoms with van der Waals surface area (Å²) >= 11 is 0. The first-order valence-electron chi connectivity index (χ1n) is 13.5. The molecule has 2 fully saturated rings. The minimum Gasteiger partial charge on any atom is -0.492 e. The molecule has 0 spiro atoms. The highest BCUT2D eigenvalue weighted by atomic mass is 19.1. The molecule has 1 aromatic carbocycles. The van der Waals surface area contributed by atoms with Gasteiger partial charge in [-0.3, -0.25) is 9.78 Å². The van der Waals surface area contributed by atoms with E-state index in [1.807, 2.05) is 13.8 Å². The average molecular weight is 538 g/mol. The Morgan fingerprint density at radius 2 is 1.95 bits per heavy atom. The molecule has 2 unspecified atom stereocenters. The van der Waals surface area contributed by atoms with Crippen LogP contribution < -0.4 is 10.5 Å². The van der Waals surface area contributed by atoms with E-state index in [0.29, 0.717) is 61.2 Å². The minimum absolute atomic E-state index is 0.0532. The maximum absolute atomic E-state index is 14.9. The molecule has 2 aliphatic heterocycles. The molecule has 3 heterocycles. The molecule has 39 heavy (non-hydrogen) atoms. The van der Waals surface area contributed by atoms with Crippen LogP contribution in [0.1, 0.15) is 45.1 Å². The molecule has 2 aliphatic rings. The number of piperidine rings is 1. The number of nitriles is 1. The normalized spacial score (nSPS) is 18.6. The molecule has 0 aliphatic carbocycles. The second kappa shape index (κ2) is 12.9. The van der Waals surface area contributed by atoms with E-state index in [4.69, 9.17) is 15.2 Å². The third-order valence-electron chi connectivity index (χ3n) is 7.22. The number of hydrogen-bond acceptors (Lipinski definition) is 7. The highest BCUT2D eigenvalue weighted by Crippen LogP contribution is 2.25. The van der Waals surface area contributed by atoms with E-state index in [2.05, 4.69) is 11.1 Å². The number of ether oxygens (including phenoxy) is 2. The first-order chi connectivity index (χ1) is 18.7. The third kappa shape index (κ3) is 7.24. The SMILES string of the molecule is CC(C)OC(=O)N1CCC(COc2ccc(-c3ccc(CC(N)C(=O)N4CCCC4C#N)c(F)c3)nc2)CC1. The van der Waals surface area contributed by atoms with Gasteiger partial charge in [0.2, 0.25) is 5.91 Å². The Balaban J connectivity index is 1.27. The monoisotopic (exact) mass is 537 g/mol. The number of pyridine rings is 1. The van der Waals surface area contributed by atoms with Crippen LogP contribution in [0.25, 0.3) is 11.3 Å². The van der Waals surface area contributed by atoms with Crippen LogP contribution in [0, 0.1) is 23.1 Å². The van der Waals surface area contributed by atoms with Gasteiger partial charge in [-0.25, -0.2) is 9.18 Å². The van der Waals surface area contributed by atoms with Crippen LogP contribution in [0.4, 0.5) is 9.18 Å². The molecule has 2 aromatic rings. The summed E-state index contributed by atoms with van der Waals surface area (Å²) in [5.74, 6) is 0.183. The molecular formula is C29H36FN5O4. The van der Waals surface area contributed by atoms with Crippen molar-refractivity contribution in [1.82, 2.24) is 14.8 Å². The highest BCUT2D eigenvalue weighted by molar-refractivity contribution is 5.83. The van der Waals surface area contributed by atoms with Crippen molar-refractivity contribution in [1.29, 1.82) is 5.26 Å². The molecule has 2 amide bonds. The third-order valence-corrected chi connectivity index (χ3v) is 7.22. The van der Waals surface area contributed by atoms with Crippen molar-refractivity contribution in [3.8, 4) is 23.1 Å². The summed E-state index contributed by atoms with van der Waals surface area (Å²) in [4.78, 5) is 32.4. The zero-order valence-electron chi connectivity index (χ0n) is 22.5. The molecule has 0 saturated carbocycles. The van der Waals surface area contributed by atoms with Gasteiger partial charge in [-0.05, 0) is 75.6 Å². The van der Waals surface area contributed by atoms with Crippen LogP contribution >= 0.6 is 0 Å². The predicted molar refractivity (Wildman–Crippen MR) is 143 cm³/mol. The number of halogens is 1. The lowest BCUT2D eigenvalue weighted by molar-refractivity contribution is -0.132. The lowest BCUT2D eigenvalue weighted by Gasteiger charge is -2.31. The Morgan fingerprint density at radius 1 is 1.18 bits per heavy atom. The number of carbonyl (C=O) groups excluding carboxylic acids is 2. The van der Waals surface area contributed by atoms with Crippen molar-refractivity contribution in [3.05, 3.63) is 47.9 Å². The molecule has 208 valence electrons. The van der Waals surface area contributed by atoms with Gasteiger partial charge in [0.05, 0.1) is 36.7 Å². The number of nitrogens with zero attached hydrogens (tertiary/aromatic N) is 4. The molecular weight excluding hydrogens is 501 g/mol. The van der Waals surface area contributed by atoms with Gasteiger partial charge in [-0.2, -0.15) is 5.26 Å². The van der Waals surface area contributed by atoms with Crippen molar-refractivity contribution < 1.29 is 23.5 Å². The van der Waals surface area contributed by atoms with E-state index >= 15 is 0 Å². The number of likely N-dealkylation sites (tertiary alicyclic amines) is 2. The van der Waals surface area contributed by atoms with E-state index in [1.165, 1.54) is 11.0 Å². The molecule has 2 saturated heterocycles. The van der Waals surface area contributed by atoms with Gasteiger partial charge < -0.3 is 25.0 Å². The Labute approximate surface area is 228 Å². The second-order valence-electron chi connectivity index (χ2n) is 10.5. The van der Waals surface area contributed by atoms with Crippen LogP contribution in [0.5, 0.6) is 5.75 Å². The minimum atomic E-state index is -0.907. The topological polar surface area (TPSA) is 122 Å². The Kier molecular flexibility index (Phi) is 9.36. The van der Waals surface area contributed by atoms with Gasteiger partial charge in [-0.1, -0.05) is 12.1 Å². The average Bonchev–Trinajstić information content (AvgIpc) is 3.42. The predicted octanol–water partition coefficient (Wildman–Crippen LogP) is 3.91. The zero-order valence-corrected chi connectivity index (χ0v) is 22.5. The van der Waals surface area contributed by atoms with Gasteiger partial charge in [-0.15, -0.1) is 0 Å². The number of benzene rings is 1. The number of carbonyl (C=O) groups is 2. The van der Waals surface area contributed by atoms with Gasteiger partial charge in [0.1, 0.15) is 17.6 Å². The fourth-order valence-electron chi connectivity index (χ4n) is 4.98. The van der Waals surface area contributed by atoms with Crippen LogP contribution in [0.15, 0.2) is 36.5 Å². The molecule has 0 radical (unpaired) electrons. The van der Waals surface area contributed by atoms with Gasteiger partial charge in [0.15, 0.2) is 0 Å². The zero-order chi connectivity index (χ0) is 27.9. The van der Waals surface area contributed by atoms with Crippen LogP contribution in [0.2, 0.25) is 0 Å². The Hall–Kier alpha value is -3.71. The van der Waals surface area contributed by atoms with Crippen molar-refractivity contribution in [2.45, 2.75) is 64.1 Å². The maximum Gasteiger partial charge on any atom is 0.410 e. The fraction of sp³-hybridized carbons (Fsp3) is 0.517. The number of amides is 2. The number of hydrogen-bond donors (Lipinski definition) is 1. The van der Waals surface area contributed by atoms with Crippen molar-refractivity contribution >= 4 is 12.0 Å². The first kappa shape index (κ1) is 28.3. The summed E-state index contributed by atoms with van der Waals surface area (Å²) in [7, 11) is 0. The van der Waals surface area contributed by atoms with Crippen LogP contribution in [0.3, 0.4) is 0 Å². The largest absolute Gasteiger partial charge is 0.492 e. The summed E-state index contributed by atoms with van der Waals surface area (Å²) in [6.45, 7) is 6.01. The summed E-state index contributed by atoms with van der Waals surface area (Å²) in [6, 6.07) is 9.12. The van der Waals surface area contributed by atoms with Gasteiger partial charge in [0.25, 0.3) is 0 Å². The lowest BCUT2D eigenvalue weighted by Crippen LogP contribution is -2.46. The van der Waals surface area contributed by atoms with Gasteiger partial charge >= 0.3 is 6.09 Å². The van der Waals surface area contributed by atoms with Crippen LogP contribution in [-0.4, -0.2) is 71.2 Å². The Bertz CT molecular complexity index is 1190. The molecule has 4 rings (SSSR count). The summed E-state index contributed by atoms with van der Waals surface area (Å²) < 4.78 is 26.1. The molecule has 9 nitrogen and oxygen atoms in total. The second-order valence-corrected chi connectivity index (χ2v) is 10.5. The number of nitrogens with two attached hydrogens (primary N) is 1. The van der Waals surface area contributed by atoms with Gasteiger partial charge in [0, 0.05) is 25.2 Å². The highest BCUT2D eigenvalue weighted by Gasteiger charge is 2.32. The molecule has 10 heteroatoms. The molecule has 0 bridgehead atoms. The molecule has 2 atom stereocenters. The number of rotatable bonds is 8. The van der Waals surface area contributed by atoms with E-state index in [1.54, 1.807) is 35.4 Å². The van der Waals surface area contributed by atoms with Crippen molar-refractivity contribution in [2.24, 2.45) is 11.7 Å². The van der Waals surface area contributed by atoms with E-state index in [0.717, 1.165) is 19.3 Å². The lowest BCUT2D eigenvalue weighted by atomic mass is 9.98. The quantitative estimate of drug-likeness (QED) is 0.542. The van der Waals surface area contributed by atoms with Crippen LogP contribution in [-0.2, 0) is 16.0 Å². The number of aromatic nitrogens is 1. The van der Waals surface area contributed by atoms with E-state index < -0.39 is 17.9 Å². The van der Waals surface area contributed by atoms with E-state index in [-0.39, 0.29) is 24.5 Å². The molecule has 2 N–H and O–H groups in total. The standard InChI is InChI=1S/C29H36FN5O4/c1-19(2)39-29(37)34-12-9-20(10-13-34)18-38-24-7-8-27(33-17-24)22-6-5-21(25(30)14-22)15-26(32)28(36)35-11-3-4-23(35)16-31/h5-8,14,17,19-20,23,26H,3-4,9-13,15,18,32H2,1-2H3. The summed E-state index contributed by atoms with van der Waals surface area (Å²) in [6.07, 6.45) is 4.38. The summed E-state index contributed by atoms with van der Waals surface area (Å²) in [5, 5.41) is 9.22. The van der Waals surface area contributed by atoms with Crippen molar-refractivity contribution in [3.63, 3.8) is 0 Å². The van der Waals surface area contributed by atoms with E-state index in [9.17, 15) is 19.2 Å². The molecule has 1 aromatic heterocycles. The summed E-state index contributed by atoms with van der Waals surface area (Å²) in [5.41, 5.74) is 7.63. The maximum atomic E-state index is 14.9. The smallest absolute Gasteiger partial charge is 0.410 e. The fourth-order valence-corrected chi connectivity index (χ4v) is 4.98. The Morgan fingerprint density at radius 3 is 2.59 bits per heavy atom. The van der Waals surface area contributed by atoms with Crippen molar-refractivity contribution in [2.75, 3.05) is 26.2 Å².